The van der Waals surface area contributed by atoms with Gasteiger partial charge in [0, 0.05) is 35.0 Å². The zero-order chi connectivity index (χ0) is 35.7. The largest absolute Gasteiger partial charge is 0.493 e. The third kappa shape index (κ3) is 4.88. The second-order valence-electron chi connectivity index (χ2n) is 13.9. The van der Waals surface area contributed by atoms with E-state index in [1.807, 2.05) is 13.0 Å². The minimum atomic E-state index is -1.44. The summed E-state index contributed by atoms with van der Waals surface area (Å²) in [5.74, 6) is 0.916. The van der Waals surface area contributed by atoms with Gasteiger partial charge in [0.1, 0.15) is 5.60 Å². The molecule has 1 aliphatic heterocycles. The average Bonchev–Trinajstić information content (AvgIpc) is 3.89. The lowest BCUT2D eigenvalue weighted by atomic mass is 9.67. The van der Waals surface area contributed by atoms with Crippen LogP contribution < -0.4 is 29.7 Å². The maximum absolute atomic E-state index is 13.4. The van der Waals surface area contributed by atoms with Gasteiger partial charge in [0.15, 0.2) is 23.0 Å². The van der Waals surface area contributed by atoms with Gasteiger partial charge in [0.2, 0.25) is 23.0 Å². The van der Waals surface area contributed by atoms with E-state index in [0.29, 0.717) is 59.8 Å². The van der Waals surface area contributed by atoms with E-state index in [9.17, 15) is 24.3 Å². The van der Waals surface area contributed by atoms with E-state index in [-0.39, 0.29) is 41.6 Å². The molecule has 1 fully saturated rings. The summed E-state index contributed by atoms with van der Waals surface area (Å²) in [7, 11) is 6.07. The van der Waals surface area contributed by atoms with Crippen molar-refractivity contribution in [2.45, 2.75) is 70.4 Å². The van der Waals surface area contributed by atoms with E-state index < -0.39 is 17.1 Å². The summed E-state index contributed by atoms with van der Waals surface area (Å²) in [4.78, 5) is 54.8. The van der Waals surface area contributed by atoms with E-state index in [1.165, 1.54) is 20.3 Å². The predicted octanol–water partition coefficient (Wildman–Crippen LogP) is 4.49. The molecular weight excluding hydrogens is 640 g/mol. The lowest BCUT2D eigenvalue weighted by Gasteiger charge is -2.40. The van der Waals surface area contributed by atoms with Crippen molar-refractivity contribution in [3.63, 3.8) is 0 Å². The molecule has 0 bridgehead atoms. The van der Waals surface area contributed by atoms with E-state index >= 15 is 0 Å². The average molecular weight is 683 g/mol. The number of nitrogens with one attached hydrogen (secondary N) is 1. The number of nitrogens with zero attached hydrogens (tertiary/aromatic N) is 1. The summed E-state index contributed by atoms with van der Waals surface area (Å²) < 4.78 is 22.4. The molecule has 2 atom stereocenters. The van der Waals surface area contributed by atoms with E-state index in [0.717, 1.165) is 46.4 Å². The molecular formula is C39H42N2O9. The molecule has 5 aliphatic rings. The molecule has 1 spiro atoms. The Morgan fingerprint density at radius 2 is 1.70 bits per heavy atom. The SMILES string of the molecule is COc1cc2c(c(OC)c1OC)-c1ccc(OC)c(=O)cc1[C@@H](NC(=O)CCCC(=O)N1CC3=C1C=C1C(=O)[C@@](C)(O)C4(CC4)C(C)=C13)CC2. The smallest absolute Gasteiger partial charge is 0.227 e. The van der Waals surface area contributed by atoms with Crippen molar-refractivity contribution in [2.24, 2.45) is 5.41 Å². The van der Waals surface area contributed by atoms with Gasteiger partial charge in [-0.2, -0.15) is 0 Å². The van der Waals surface area contributed by atoms with Gasteiger partial charge in [-0.15, -0.1) is 0 Å². The van der Waals surface area contributed by atoms with Crippen molar-refractivity contribution in [3.05, 3.63) is 79.7 Å². The Labute approximate surface area is 290 Å². The lowest BCUT2D eigenvalue weighted by Crippen LogP contribution is -2.49. The van der Waals surface area contributed by atoms with Crippen LogP contribution in [0.4, 0.5) is 0 Å². The number of aliphatic hydroxyl groups is 1. The highest BCUT2D eigenvalue weighted by Crippen LogP contribution is 2.65. The first-order valence-corrected chi connectivity index (χ1v) is 17.0. The molecule has 2 amide bonds. The molecule has 11 heteroatoms. The number of ether oxygens (including phenoxy) is 4. The molecule has 50 heavy (non-hydrogen) atoms. The molecule has 1 heterocycles. The van der Waals surface area contributed by atoms with E-state index in [2.05, 4.69) is 5.32 Å². The number of fused-ring (bicyclic) bond motifs is 5. The van der Waals surface area contributed by atoms with Gasteiger partial charge in [0.25, 0.3) is 0 Å². The number of amides is 2. The van der Waals surface area contributed by atoms with Crippen LogP contribution in [0.15, 0.2) is 63.1 Å². The van der Waals surface area contributed by atoms with Crippen LogP contribution in [-0.2, 0) is 20.8 Å². The van der Waals surface area contributed by atoms with Crippen LogP contribution in [0, 0.1) is 5.41 Å². The normalized spacial score (nSPS) is 22.4. The fourth-order valence-corrected chi connectivity index (χ4v) is 8.46. The molecule has 0 radical (unpaired) electrons. The first-order valence-electron chi connectivity index (χ1n) is 17.0. The highest BCUT2D eigenvalue weighted by atomic mass is 16.5. The Morgan fingerprint density at radius 1 is 0.980 bits per heavy atom. The maximum atomic E-state index is 13.4. The van der Waals surface area contributed by atoms with Crippen molar-refractivity contribution in [1.82, 2.24) is 10.2 Å². The van der Waals surface area contributed by atoms with Gasteiger partial charge < -0.3 is 34.3 Å². The molecule has 2 N–H and O–H groups in total. The Bertz CT molecular complexity index is 2020. The maximum Gasteiger partial charge on any atom is 0.227 e. The zero-order valence-corrected chi connectivity index (χ0v) is 29.3. The third-order valence-corrected chi connectivity index (χ3v) is 11.4. The second kappa shape index (κ2) is 12.2. The van der Waals surface area contributed by atoms with Crippen molar-refractivity contribution < 1.29 is 38.4 Å². The molecule has 2 aromatic carbocycles. The predicted molar refractivity (Wildman–Crippen MR) is 184 cm³/mol. The van der Waals surface area contributed by atoms with Gasteiger partial charge in [-0.05, 0) is 92.5 Å². The highest BCUT2D eigenvalue weighted by molar-refractivity contribution is 6.11. The number of allylic oxidation sites excluding steroid dienone is 1. The van der Waals surface area contributed by atoms with Crippen LogP contribution in [0.5, 0.6) is 23.0 Å². The Balaban J connectivity index is 1.07. The minimum absolute atomic E-state index is 0.108. The van der Waals surface area contributed by atoms with Crippen LogP contribution >= 0.6 is 0 Å². The van der Waals surface area contributed by atoms with Crippen LogP contribution in [0.25, 0.3) is 11.1 Å². The van der Waals surface area contributed by atoms with Crippen LogP contribution in [0.2, 0.25) is 0 Å². The molecule has 7 rings (SSSR count). The van der Waals surface area contributed by atoms with Crippen molar-refractivity contribution in [3.8, 4) is 34.1 Å². The summed E-state index contributed by atoms with van der Waals surface area (Å²) in [6, 6.07) is 6.30. The fourth-order valence-electron chi connectivity index (χ4n) is 8.46. The summed E-state index contributed by atoms with van der Waals surface area (Å²) in [5.41, 5.74) is 4.86. The first kappa shape index (κ1) is 33.6. The van der Waals surface area contributed by atoms with Crippen molar-refractivity contribution in [2.75, 3.05) is 35.0 Å². The molecule has 0 aromatic heterocycles. The number of hydrogen-bond acceptors (Lipinski definition) is 9. The summed E-state index contributed by atoms with van der Waals surface area (Å²) >= 11 is 0. The van der Waals surface area contributed by atoms with Gasteiger partial charge in [-0.3, -0.25) is 19.2 Å². The Kier molecular flexibility index (Phi) is 8.16. The fraction of sp³-hybridized carbons (Fsp3) is 0.436. The van der Waals surface area contributed by atoms with Crippen molar-refractivity contribution >= 4 is 17.6 Å². The number of Topliss-reactive ketones (excluding diaryl/α,β-unsaturated/α-hetero) is 1. The van der Waals surface area contributed by atoms with Gasteiger partial charge in [-0.25, -0.2) is 0 Å². The summed E-state index contributed by atoms with van der Waals surface area (Å²) in [5, 5.41) is 14.3. The van der Waals surface area contributed by atoms with Gasteiger partial charge in [-0.1, -0.05) is 11.6 Å². The second-order valence-corrected chi connectivity index (χ2v) is 13.9. The zero-order valence-electron chi connectivity index (χ0n) is 29.3. The highest BCUT2D eigenvalue weighted by Gasteiger charge is 2.65. The monoisotopic (exact) mass is 682 g/mol. The van der Waals surface area contributed by atoms with Gasteiger partial charge >= 0.3 is 0 Å². The number of ketones is 1. The number of hydrogen-bond donors (Lipinski definition) is 2. The van der Waals surface area contributed by atoms with Crippen molar-refractivity contribution in [1.29, 1.82) is 0 Å². The van der Waals surface area contributed by atoms with E-state index in [4.69, 9.17) is 18.9 Å². The molecule has 262 valence electrons. The van der Waals surface area contributed by atoms with Crippen LogP contribution in [-0.4, -0.2) is 68.2 Å². The first-order chi connectivity index (χ1) is 23.9. The molecule has 0 unspecified atom stereocenters. The molecule has 2 aromatic rings. The number of carbonyl (C=O) groups excluding carboxylic acids is 3. The van der Waals surface area contributed by atoms with Crippen LogP contribution in [0.3, 0.4) is 0 Å². The van der Waals surface area contributed by atoms with Crippen LogP contribution in [0.1, 0.15) is 69.5 Å². The molecule has 1 saturated carbocycles. The number of rotatable bonds is 9. The molecule has 11 nitrogen and oxygen atoms in total. The quantitative estimate of drug-likeness (QED) is 0.392. The van der Waals surface area contributed by atoms with E-state index in [1.54, 1.807) is 44.3 Å². The Morgan fingerprint density at radius 3 is 2.36 bits per heavy atom. The summed E-state index contributed by atoms with van der Waals surface area (Å²) in [6.07, 6.45) is 4.94. The summed E-state index contributed by atoms with van der Waals surface area (Å²) in [6.45, 7) is 4.02. The lowest BCUT2D eigenvalue weighted by molar-refractivity contribution is -0.137. The number of methoxy groups -OCH3 is 4. The standard InChI is InChI=1S/C39H42N2O9/c1-20-33-24(37(45)38(2,46)39(20)14-15-39)17-27-25(33)19-41(27)32(44)9-7-8-31(43)40-26-12-10-21-16-30(48-4)35(49-5)36(50-6)34(21)22-11-13-29(47-3)28(42)18-23(22)26/h11,13,16-18,26,46H,7-10,12,14-15,19H2,1-6H3,(H,40,43)/t26-,38+/m0/s1. The molecule has 0 saturated heterocycles. The third-order valence-electron chi connectivity index (χ3n) is 11.4. The molecule has 4 aliphatic carbocycles. The van der Waals surface area contributed by atoms with Gasteiger partial charge in [0.05, 0.1) is 46.7 Å². The Hall–Kier alpha value is -4.90. The number of aryl methyl sites for hydroxylation is 1. The number of benzene rings is 1. The number of carbonyl (C=O) groups is 3. The minimum Gasteiger partial charge on any atom is -0.493 e. The topological polar surface area (TPSA) is 141 Å².